The molecule has 0 saturated carbocycles. The second-order valence-corrected chi connectivity index (χ2v) is 5.50. The number of para-hydroxylation sites is 1. The third-order valence-corrected chi connectivity index (χ3v) is 2.99. The lowest BCUT2D eigenvalue weighted by Crippen LogP contribution is -2.47. The van der Waals surface area contributed by atoms with E-state index in [1.54, 1.807) is 12.1 Å². The quantitative estimate of drug-likeness (QED) is 0.530. The summed E-state index contributed by atoms with van der Waals surface area (Å²) in [5, 5.41) is 13.5. The van der Waals surface area contributed by atoms with E-state index in [0.29, 0.717) is 12.2 Å². The van der Waals surface area contributed by atoms with Crippen molar-refractivity contribution in [1.29, 1.82) is 5.26 Å². The van der Waals surface area contributed by atoms with Gasteiger partial charge in [0.05, 0.1) is 6.07 Å². The van der Waals surface area contributed by atoms with Gasteiger partial charge in [0.25, 0.3) is 0 Å². The van der Waals surface area contributed by atoms with Crippen molar-refractivity contribution in [3.63, 3.8) is 0 Å². The summed E-state index contributed by atoms with van der Waals surface area (Å²) in [7, 11) is 0. The first kappa shape index (κ1) is 19.3. The van der Waals surface area contributed by atoms with Crippen molar-refractivity contribution in [1.82, 2.24) is 10.6 Å². The first-order valence-corrected chi connectivity index (χ1v) is 7.78. The number of ether oxygens (including phenoxy) is 2. The summed E-state index contributed by atoms with van der Waals surface area (Å²) in [6.45, 7) is 4.05. The second kappa shape index (κ2) is 10.9. The Balaban J connectivity index is 2.35. The zero-order valence-electron chi connectivity index (χ0n) is 14.0. The largest absolute Gasteiger partial charge is 0.490 e. The molecule has 0 aromatic heterocycles. The third-order valence-electron chi connectivity index (χ3n) is 2.99. The summed E-state index contributed by atoms with van der Waals surface area (Å²) in [5.41, 5.74) is 0. The number of amides is 2. The summed E-state index contributed by atoms with van der Waals surface area (Å²) in [4.78, 5) is 23.7. The van der Waals surface area contributed by atoms with Crippen molar-refractivity contribution in [2.24, 2.45) is 5.92 Å². The van der Waals surface area contributed by atoms with Crippen LogP contribution in [0, 0.1) is 17.2 Å². The Morgan fingerprint density at radius 2 is 1.92 bits per heavy atom. The van der Waals surface area contributed by atoms with Crippen LogP contribution in [0.5, 0.6) is 5.75 Å². The Bertz CT molecular complexity index is 555. The van der Waals surface area contributed by atoms with Crippen molar-refractivity contribution < 1.29 is 19.1 Å². The Hall–Kier alpha value is -2.75. The lowest BCUT2D eigenvalue weighted by molar-refractivity contribution is -0.123. The number of benzene rings is 1. The number of carbonyl (C=O) groups excluding carboxylic acids is 2. The molecule has 24 heavy (non-hydrogen) atoms. The molecule has 1 aromatic carbocycles. The predicted molar refractivity (Wildman–Crippen MR) is 88.3 cm³/mol. The van der Waals surface area contributed by atoms with E-state index in [9.17, 15) is 9.59 Å². The molecule has 0 aliphatic rings. The second-order valence-electron chi connectivity index (χ2n) is 5.50. The number of carbonyl (C=O) groups is 2. The minimum Gasteiger partial charge on any atom is -0.490 e. The molecule has 7 nitrogen and oxygen atoms in total. The smallest absolute Gasteiger partial charge is 0.407 e. The maximum absolute atomic E-state index is 11.9. The zero-order chi connectivity index (χ0) is 17.8. The molecule has 0 saturated heterocycles. The number of nitrogens with one attached hydrogen (secondary N) is 2. The highest BCUT2D eigenvalue weighted by atomic mass is 16.6. The summed E-state index contributed by atoms with van der Waals surface area (Å²) >= 11 is 0. The van der Waals surface area contributed by atoms with Crippen molar-refractivity contribution >= 4 is 12.0 Å². The van der Waals surface area contributed by atoms with Gasteiger partial charge in [-0.05, 0) is 24.5 Å². The average Bonchev–Trinajstić information content (AvgIpc) is 2.56. The number of nitriles is 1. The highest BCUT2D eigenvalue weighted by Gasteiger charge is 2.22. The Labute approximate surface area is 141 Å². The molecular weight excluding hydrogens is 310 g/mol. The molecule has 2 N–H and O–H groups in total. The fourth-order valence-electron chi connectivity index (χ4n) is 1.95. The van der Waals surface area contributed by atoms with E-state index in [0.717, 1.165) is 0 Å². The van der Waals surface area contributed by atoms with Crippen LogP contribution >= 0.6 is 0 Å². The van der Waals surface area contributed by atoms with Crippen molar-refractivity contribution in [2.75, 3.05) is 19.8 Å². The predicted octanol–water partition coefficient (Wildman–Crippen LogP) is 1.85. The van der Waals surface area contributed by atoms with E-state index in [2.05, 4.69) is 10.6 Å². The van der Waals surface area contributed by atoms with Gasteiger partial charge < -0.3 is 20.1 Å². The molecule has 0 spiro atoms. The fraction of sp³-hybridized carbons (Fsp3) is 0.471. The molecule has 1 rings (SSSR count). The summed E-state index contributed by atoms with van der Waals surface area (Å²) in [5.74, 6) is 0.488. The summed E-state index contributed by atoms with van der Waals surface area (Å²) in [6, 6.07) is 10.3. The van der Waals surface area contributed by atoms with E-state index in [4.69, 9.17) is 14.7 Å². The van der Waals surface area contributed by atoms with Crippen LogP contribution in [-0.4, -0.2) is 37.8 Å². The Morgan fingerprint density at radius 1 is 1.21 bits per heavy atom. The van der Waals surface area contributed by atoms with Crippen LogP contribution in [-0.2, 0) is 9.53 Å². The van der Waals surface area contributed by atoms with Crippen LogP contribution in [0.2, 0.25) is 0 Å². The van der Waals surface area contributed by atoms with Crippen LogP contribution in [0.3, 0.4) is 0 Å². The number of alkyl carbamates (subject to hydrolysis) is 1. The standard InChI is InChI=1S/C17H23N3O4/c1-13(2)12-15(16(21)19-9-8-18)20-17(22)24-11-10-23-14-6-4-3-5-7-14/h3-7,13,15H,9-12H2,1-2H3,(H,19,21)(H,20,22)/t15-/m0/s1. The van der Waals surface area contributed by atoms with Gasteiger partial charge in [0.2, 0.25) is 5.91 Å². The number of rotatable bonds is 9. The maximum atomic E-state index is 11.9. The van der Waals surface area contributed by atoms with E-state index >= 15 is 0 Å². The maximum Gasteiger partial charge on any atom is 0.407 e. The average molecular weight is 333 g/mol. The Kier molecular flexibility index (Phi) is 8.76. The highest BCUT2D eigenvalue weighted by Crippen LogP contribution is 2.08. The van der Waals surface area contributed by atoms with Gasteiger partial charge in [-0.25, -0.2) is 4.79 Å². The number of nitrogens with zero attached hydrogens (tertiary/aromatic N) is 1. The zero-order valence-corrected chi connectivity index (χ0v) is 14.0. The lowest BCUT2D eigenvalue weighted by atomic mass is 10.0. The first-order valence-electron chi connectivity index (χ1n) is 7.78. The summed E-state index contributed by atoms with van der Waals surface area (Å²) in [6.07, 6.45) is -0.239. The SMILES string of the molecule is CC(C)C[C@H](NC(=O)OCCOc1ccccc1)C(=O)NCC#N. The molecule has 1 atom stereocenters. The van der Waals surface area contributed by atoms with Gasteiger partial charge >= 0.3 is 6.09 Å². The number of hydrogen-bond donors (Lipinski definition) is 2. The van der Waals surface area contributed by atoms with Crippen LogP contribution in [0.15, 0.2) is 30.3 Å². The normalized spacial score (nSPS) is 11.2. The molecule has 0 aliphatic carbocycles. The Morgan fingerprint density at radius 3 is 2.54 bits per heavy atom. The fourth-order valence-corrected chi connectivity index (χ4v) is 1.95. The minimum atomic E-state index is -0.735. The molecule has 7 heteroatoms. The molecule has 0 heterocycles. The third kappa shape index (κ3) is 8.03. The van der Waals surface area contributed by atoms with Gasteiger partial charge in [0.15, 0.2) is 0 Å². The van der Waals surface area contributed by atoms with Crippen LogP contribution in [0.25, 0.3) is 0 Å². The van der Waals surface area contributed by atoms with E-state index in [-0.39, 0.29) is 25.7 Å². The molecule has 1 aromatic rings. The van der Waals surface area contributed by atoms with Gasteiger partial charge in [-0.15, -0.1) is 0 Å². The number of hydrogen-bond acceptors (Lipinski definition) is 5. The van der Waals surface area contributed by atoms with Gasteiger partial charge in [0.1, 0.15) is 31.5 Å². The van der Waals surface area contributed by atoms with Gasteiger partial charge in [-0.3, -0.25) is 4.79 Å². The molecular formula is C17H23N3O4. The molecule has 0 radical (unpaired) electrons. The van der Waals surface area contributed by atoms with Crippen molar-refractivity contribution in [2.45, 2.75) is 26.3 Å². The highest BCUT2D eigenvalue weighted by molar-refractivity contribution is 5.85. The monoisotopic (exact) mass is 333 g/mol. The molecule has 0 fully saturated rings. The molecule has 0 bridgehead atoms. The topological polar surface area (TPSA) is 100 Å². The van der Waals surface area contributed by atoms with Crippen LogP contribution in [0.1, 0.15) is 20.3 Å². The summed E-state index contributed by atoms with van der Waals surface area (Å²) < 4.78 is 10.4. The molecule has 0 aliphatic heterocycles. The first-order chi connectivity index (χ1) is 11.5. The van der Waals surface area contributed by atoms with Gasteiger partial charge in [-0.2, -0.15) is 5.26 Å². The van der Waals surface area contributed by atoms with Gasteiger partial charge in [0, 0.05) is 0 Å². The van der Waals surface area contributed by atoms with Crippen molar-refractivity contribution in [3.05, 3.63) is 30.3 Å². The van der Waals surface area contributed by atoms with Gasteiger partial charge in [-0.1, -0.05) is 32.0 Å². The molecule has 130 valence electrons. The van der Waals surface area contributed by atoms with E-state index in [1.165, 1.54) is 0 Å². The van der Waals surface area contributed by atoms with E-state index < -0.39 is 18.0 Å². The minimum absolute atomic E-state index is 0.0644. The van der Waals surface area contributed by atoms with Crippen molar-refractivity contribution in [3.8, 4) is 11.8 Å². The molecule has 0 unspecified atom stereocenters. The van der Waals surface area contributed by atoms with Crippen LogP contribution < -0.4 is 15.4 Å². The lowest BCUT2D eigenvalue weighted by Gasteiger charge is -2.19. The van der Waals surface area contributed by atoms with E-state index in [1.807, 2.05) is 38.1 Å². The molecule has 2 amide bonds. The van der Waals surface area contributed by atoms with Crippen LogP contribution in [0.4, 0.5) is 4.79 Å².